The van der Waals surface area contributed by atoms with Crippen molar-refractivity contribution in [2.45, 2.75) is 58.4 Å². The number of aryl methyl sites for hydroxylation is 1. The molecule has 0 atom stereocenters. The third kappa shape index (κ3) is 3.07. The van der Waals surface area contributed by atoms with Gasteiger partial charge >= 0.3 is 0 Å². The van der Waals surface area contributed by atoms with Gasteiger partial charge in [0, 0.05) is 30.1 Å². The second kappa shape index (κ2) is 5.97. The largest absolute Gasteiger partial charge is 0.356 e. The molecule has 0 aromatic carbocycles. The molecule has 0 saturated carbocycles. The van der Waals surface area contributed by atoms with Gasteiger partial charge in [0.25, 0.3) is 5.78 Å². The van der Waals surface area contributed by atoms with Gasteiger partial charge in [-0.15, -0.1) is 0 Å². The zero-order valence-corrected chi connectivity index (χ0v) is 15.2. The van der Waals surface area contributed by atoms with Gasteiger partial charge in [-0.2, -0.15) is 14.6 Å². The Hall–Kier alpha value is -2.18. The van der Waals surface area contributed by atoms with E-state index in [2.05, 4.69) is 25.3 Å². The van der Waals surface area contributed by atoms with Crippen LogP contribution in [0.5, 0.6) is 0 Å². The van der Waals surface area contributed by atoms with Gasteiger partial charge in [0.2, 0.25) is 5.91 Å². The fraction of sp³-hybridized carbons (Fsp3) is 0.667. The first-order valence-corrected chi connectivity index (χ1v) is 9.21. The Balaban J connectivity index is 1.55. The van der Waals surface area contributed by atoms with E-state index in [4.69, 9.17) is 0 Å². The lowest BCUT2D eigenvalue weighted by Gasteiger charge is -2.35. The highest BCUT2D eigenvalue weighted by molar-refractivity contribution is 5.79. The van der Waals surface area contributed by atoms with Crippen LogP contribution in [0.25, 0.3) is 5.78 Å². The lowest BCUT2D eigenvalue weighted by molar-refractivity contribution is -0.127. The number of nitrogens with one attached hydrogen (secondary N) is 1. The molecule has 2 aromatic rings. The molecule has 1 saturated heterocycles. The van der Waals surface area contributed by atoms with Crippen LogP contribution in [-0.4, -0.2) is 44.1 Å². The van der Waals surface area contributed by atoms with Gasteiger partial charge in [-0.05, 0) is 52.9 Å². The van der Waals surface area contributed by atoms with Crippen LogP contribution < -0.4 is 10.2 Å². The molecule has 0 spiro atoms. The summed E-state index contributed by atoms with van der Waals surface area (Å²) in [6, 6.07) is 0. The standard InChI is InChI=1S/C18H26N6O/c1-18(2,3)22-15(25)12-7-9-23(10-8-12)16-13-5-4-6-14(13)21-17-19-11-20-24(16)17/h11-12H,4-10H2,1-3H3,(H,22,25). The number of nitrogens with zero attached hydrogens (tertiary/aromatic N) is 5. The SMILES string of the molecule is CC(C)(C)NC(=O)C1CCN(c2c3c(nc4ncnn24)CCC3)CC1. The molecule has 134 valence electrons. The molecule has 2 aromatic heterocycles. The van der Waals surface area contributed by atoms with E-state index < -0.39 is 0 Å². The average Bonchev–Trinajstić information content (AvgIpc) is 3.19. The lowest BCUT2D eigenvalue weighted by Crippen LogP contribution is -2.47. The van der Waals surface area contributed by atoms with Gasteiger partial charge in [0.15, 0.2) is 0 Å². The summed E-state index contributed by atoms with van der Waals surface area (Å²) in [5.41, 5.74) is 2.31. The molecule has 1 aliphatic carbocycles. The molecule has 1 amide bonds. The smallest absolute Gasteiger partial charge is 0.254 e. The summed E-state index contributed by atoms with van der Waals surface area (Å²) in [5, 5.41) is 7.51. The highest BCUT2D eigenvalue weighted by Crippen LogP contribution is 2.33. The van der Waals surface area contributed by atoms with Crippen molar-refractivity contribution in [1.82, 2.24) is 24.9 Å². The normalized spacial score (nSPS) is 18.6. The third-order valence-corrected chi connectivity index (χ3v) is 5.09. The van der Waals surface area contributed by atoms with Crippen molar-refractivity contribution < 1.29 is 4.79 Å². The summed E-state index contributed by atoms with van der Waals surface area (Å²) in [5.74, 6) is 2.10. The van der Waals surface area contributed by atoms with E-state index in [1.165, 1.54) is 11.3 Å². The van der Waals surface area contributed by atoms with Gasteiger partial charge in [-0.25, -0.2) is 4.98 Å². The third-order valence-electron chi connectivity index (χ3n) is 5.09. The van der Waals surface area contributed by atoms with Crippen LogP contribution in [0.1, 0.15) is 51.3 Å². The number of carbonyl (C=O) groups is 1. The van der Waals surface area contributed by atoms with Crippen LogP contribution in [0.3, 0.4) is 0 Å². The summed E-state index contributed by atoms with van der Waals surface area (Å²) in [4.78, 5) is 23.8. The van der Waals surface area contributed by atoms with Crippen LogP contribution in [0, 0.1) is 5.92 Å². The van der Waals surface area contributed by atoms with Gasteiger partial charge < -0.3 is 10.2 Å². The monoisotopic (exact) mass is 342 g/mol. The van der Waals surface area contributed by atoms with Crippen molar-refractivity contribution in [2.24, 2.45) is 5.92 Å². The fourth-order valence-corrected chi connectivity index (χ4v) is 3.95. The predicted molar refractivity (Wildman–Crippen MR) is 95.6 cm³/mol. The first kappa shape index (κ1) is 16.3. The Bertz CT molecular complexity index is 798. The van der Waals surface area contributed by atoms with E-state index in [1.54, 1.807) is 6.33 Å². The summed E-state index contributed by atoms with van der Waals surface area (Å²) < 4.78 is 1.87. The second-order valence-electron chi connectivity index (χ2n) is 8.19. The van der Waals surface area contributed by atoms with Crippen LogP contribution in [0.15, 0.2) is 6.33 Å². The topological polar surface area (TPSA) is 75.4 Å². The zero-order chi connectivity index (χ0) is 17.6. The summed E-state index contributed by atoms with van der Waals surface area (Å²) in [6.07, 6.45) is 6.54. The van der Waals surface area contributed by atoms with Gasteiger partial charge in [0.1, 0.15) is 12.1 Å². The van der Waals surface area contributed by atoms with Crippen molar-refractivity contribution >= 4 is 17.5 Å². The van der Waals surface area contributed by atoms with Crippen LogP contribution >= 0.6 is 0 Å². The Labute approximate surface area is 147 Å². The zero-order valence-electron chi connectivity index (χ0n) is 15.2. The van der Waals surface area contributed by atoms with E-state index >= 15 is 0 Å². The number of amides is 1. The highest BCUT2D eigenvalue weighted by atomic mass is 16.2. The minimum absolute atomic E-state index is 0.0941. The Kier molecular flexibility index (Phi) is 3.89. The minimum atomic E-state index is -0.174. The molecule has 7 nitrogen and oxygen atoms in total. The van der Waals surface area contributed by atoms with Crippen molar-refractivity contribution in [1.29, 1.82) is 0 Å². The van der Waals surface area contributed by atoms with Crippen molar-refractivity contribution in [3.8, 4) is 0 Å². The van der Waals surface area contributed by atoms with Gasteiger partial charge in [-0.1, -0.05) is 0 Å². The van der Waals surface area contributed by atoms with Crippen molar-refractivity contribution in [3.05, 3.63) is 17.6 Å². The van der Waals surface area contributed by atoms with Gasteiger partial charge in [0.05, 0.1) is 5.69 Å². The first-order valence-electron chi connectivity index (χ1n) is 9.21. The molecule has 7 heteroatoms. The van der Waals surface area contributed by atoms with E-state index in [9.17, 15) is 4.79 Å². The van der Waals surface area contributed by atoms with Crippen LogP contribution in [0.2, 0.25) is 0 Å². The maximum absolute atomic E-state index is 12.4. The number of hydrogen-bond acceptors (Lipinski definition) is 5. The Morgan fingerprint density at radius 3 is 2.72 bits per heavy atom. The lowest BCUT2D eigenvalue weighted by atomic mass is 9.94. The Morgan fingerprint density at radius 1 is 1.24 bits per heavy atom. The quantitative estimate of drug-likeness (QED) is 0.900. The van der Waals surface area contributed by atoms with E-state index in [-0.39, 0.29) is 17.4 Å². The number of carbonyl (C=O) groups excluding carboxylic acids is 1. The van der Waals surface area contributed by atoms with Crippen molar-refractivity contribution in [3.63, 3.8) is 0 Å². The number of aromatic nitrogens is 4. The number of fused-ring (bicyclic) bond motifs is 2. The molecule has 4 rings (SSSR count). The Morgan fingerprint density at radius 2 is 2.00 bits per heavy atom. The number of anilines is 1. The molecule has 25 heavy (non-hydrogen) atoms. The first-order chi connectivity index (χ1) is 11.9. The van der Waals surface area contributed by atoms with Crippen molar-refractivity contribution in [2.75, 3.05) is 18.0 Å². The average molecular weight is 342 g/mol. The number of rotatable bonds is 2. The maximum atomic E-state index is 12.4. The molecular formula is C18H26N6O. The molecule has 0 bridgehead atoms. The second-order valence-corrected chi connectivity index (χ2v) is 8.19. The molecule has 2 aliphatic rings. The highest BCUT2D eigenvalue weighted by Gasteiger charge is 2.31. The summed E-state index contributed by atoms with van der Waals surface area (Å²) >= 11 is 0. The summed E-state index contributed by atoms with van der Waals surface area (Å²) in [6.45, 7) is 7.83. The van der Waals surface area contributed by atoms with Crippen LogP contribution in [-0.2, 0) is 17.6 Å². The molecule has 0 unspecified atom stereocenters. The molecule has 1 aliphatic heterocycles. The minimum Gasteiger partial charge on any atom is -0.356 e. The maximum Gasteiger partial charge on any atom is 0.254 e. The van der Waals surface area contributed by atoms with E-state index in [0.717, 1.165) is 51.0 Å². The van der Waals surface area contributed by atoms with E-state index in [1.807, 2.05) is 25.3 Å². The molecule has 1 fully saturated rings. The number of hydrogen-bond donors (Lipinski definition) is 1. The van der Waals surface area contributed by atoms with Gasteiger partial charge in [-0.3, -0.25) is 4.79 Å². The van der Waals surface area contributed by atoms with Crippen LogP contribution in [0.4, 0.5) is 5.82 Å². The summed E-state index contributed by atoms with van der Waals surface area (Å²) in [7, 11) is 0. The molecule has 3 heterocycles. The van der Waals surface area contributed by atoms with E-state index in [0.29, 0.717) is 5.78 Å². The number of piperidine rings is 1. The predicted octanol–water partition coefficient (Wildman–Crippen LogP) is 1.74. The fourth-order valence-electron chi connectivity index (χ4n) is 3.95. The molecule has 1 N–H and O–H groups in total. The molecule has 0 radical (unpaired) electrons. The molecular weight excluding hydrogens is 316 g/mol.